The van der Waals surface area contributed by atoms with Gasteiger partial charge in [0.2, 0.25) is 0 Å². The van der Waals surface area contributed by atoms with Crippen LogP contribution >= 0.6 is 0 Å². The molecule has 0 rings (SSSR count). The van der Waals surface area contributed by atoms with Crippen molar-refractivity contribution in [3.63, 3.8) is 0 Å². The first-order valence-electron chi connectivity index (χ1n) is 2.72. The average molecular weight is 115 g/mol. The summed E-state index contributed by atoms with van der Waals surface area (Å²) in [4.78, 5) is 3.96. The highest BCUT2D eigenvalue weighted by Crippen LogP contribution is 1.83. The van der Waals surface area contributed by atoms with Crippen LogP contribution in [0.2, 0.25) is 0 Å². The van der Waals surface area contributed by atoms with Crippen molar-refractivity contribution in [2.45, 2.75) is 13.3 Å². The van der Waals surface area contributed by atoms with Crippen molar-refractivity contribution in [3.8, 4) is 0 Å². The molecule has 0 aromatic heterocycles. The Balaban J connectivity index is 3.12. The lowest BCUT2D eigenvalue weighted by molar-refractivity contribution is 0.207. The topological polar surface area (TPSA) is 21.6 Å². The minimum Gasteiger partial charge on any atom is -0.384 e. The summed E-state index contributed by atoms with van der Waals surface area (Å²) >= 11 is 0. The minimum absolute atomic E-state index is 0.781. The monoisotopic (exact) mass is 115 g/mol. The Morgan fingerprint density at radius 2 is 2.25 bits per heavy atom. The van der Waals surface area contributed by atoms with Gasteiger partial charge in [0.15, 0.2) is 0 Å². The Bertz CT molecular complexity index is 78.6. The van der Waals surface area contributed by atoms with Crippen molar-refractivity contribution < 1.29 is 4.74 Å². The Morgan fingerprint density at radius 1 is 1.62 bits per heavy atom. The predicted octanol–water partition coefficient (Wildman–Crippen LogP) is 1.11. The summed E-state index contributed by atoms with van der Waals surface area (Å²) in [5.41, 5.74) is 1.15. The molecule has 0 aliphatic heterocycles. The first kappa shape index (κ1) is 7.63. The Morgan fingerprint density at radius 3 is 2.62 bits per heavy atom. The van der Waals surface area contributed by atoms with E-state index in [-0.39, 0.29) is 0 Å². The smallest absolute Gasteiger partial charge is 0.0514 e. The third-order valence-electron chi connectivity index (χ3n) is 1.05. The van der Waals surface area contributed by atoms with E-state index < -0.39 is 0 Å². The van der Waals surface area contributed by atoms with Crippen molar-refractivity contribution in [1.29, 1.82) is 0 Å². The Kier molecular flexibility index (Phi) is 4.56. The van der Waals surface area contributed by atoms with E-state index in [4.69, 9.17) is 4.74 Å². The molecule has 0 atom stereocenters. The largest absolute Gasteiger partial charge is 0.384 e. The van der Waals surface area contributed by atoms with Crippen LogP contribution in [0.4, 0.5) is 0 Å². The summed E-state index contributed by atoms with van der Waals surface area (Å²) in [6, 6.07) is 0. The lowest BCUT2D eigenvalue weighted by atomic mass is 10.3. The molecule has 2 nitrogen and oxygen atoms in total. The van der Waals surface area contributed by atoms with Gasteiger partial charge in [-0.3, -0.25) is 4.99 Å². The molecular formula is C6H13NO. The molecule has 0 saturated carbocycles. The van der Waals surface area contributed by atoms with Crippen molar-refractivity contribution in [2.24, 2.45) is 4.99 Å². The summed E-state index contributed by atoms with van der Waals surface area (Å²) in [5.74, 6) is 0. The second-order valence-electron chi connectivity index (χ2n) is 1.70. The fourth-order valence-corrected chi connectivity index (χ4v) is 0.362. The molecule has 2 heteroatoms. The highest BCUT2D eigenvalue weighted by atomic mass is 16.5. The van der Waals surface area contributed by atoms with Crippen LogP contribution in [0.1, 0.15) is 13.3 Å². The SMILES string of the molecule is CN=C(C)CCOC. The van der Waals surface area contributed by atoms with Crippen LogP contribution in [-0.2, 0) is 4.74 Å². The molecule has 0 aromatic carbocycles. The van der Waals surface area contributed by atoms with Gasteiger partial charge in [0, 0.05) is 26.3 Å². The van der Waals surface area contributed by atoms with Crippen molar-refractivity contribution in [2.75, 3.05) is 20.8 Å². The summed E-state index contributed by atoms with van der Waals surface area (Å²) in [6.45, 7) is 2.78. The lowest BCUT2D eigenvalue weighted by Crippen LogP contribution is -1.96. The molecule has 0 radical (unpaired) electrons. The normalized spacial score (nSPS) is 12.1. The number of methoxy groups -OCH3 is 1. The Hall–Kier alpha value is -0.370. The Labute approximate surface area is 50.6 Å². The quantitative estimate of drug-likeness (QED) is 0.505. The van der Waals surface area contributed by atoms with Gasteiger partial charge in [-0.1, -0.05) is 0 Å². The summed E-state index contributed by atoms with van der Waals surface area (Å²) < 4.78 is 4.83. The summed E-state index contributed by atoms with van der Waals surface area (Å²) in [6.07, 6.45) is 0.951. The van der Waals surface area contributed by atoms with E-state index in [1.807, 2.05) is 6.92 Å². The lowest BCUT2D eigenvalue weighted by Gasteiger charge is -1.94. The van der Waals surface area contributed by atoms with Crippen molar-refractivity contribution >= 4 is 5.71 Å². The number of rotatable bonds is 3. The van der Waals surface area contributed by atoms with Gasteiger partial charge in [-0.2, -0.15) is 0 Å². The maximum absolute atomic E-state index is 4.83. The van der Waals surface area contributed by atoms with Gasteiger partial charge < -0.3 is 4.74 Å². The second kappa shape index (κ2) is 4.78. The van der Waals surface area contributed by atoms with Crippen molar-refractivity contribution in [3.05, 3.63) is 0 Å². The summed E-state index contributed by atoms with van der Waals surface area (Å²) in [5, 5.41) is 0. The van der Waals surface area contributed by atoms with Crippen molar-refractivity contribution in [1.82, 2.24) is 0 Å². The zero-order chi connectivity index (χ0) is 6.41. The molecule has 0 amide bonds. The molecular weight excluding hydrogens is 102 g/mol. The van der Waals surface area contributed by atoms with E-state index in [9.17, 15) is 0 Å². The van der Waals surface area contributed by atoms with Gasteiger partial charge in [0.25, 0.3) is 0 Å². The van der Waals surface area contributed by atoms with Gasteiger partial charge in [-0.05, 0) is 6.92 Å². The minimum atomic E-state index is 0.781. The maximum atomic E-state index is 4.83. The van der Waals surface area contributed by atoms with Gasteiger partial charge in [0.1, 0.15) is 0 Å². The first-order chi connectivity index (χ1) is 3.81. The zero-order valence-corrected chi connectivity index (χ0v) is 5.77. The molecule has 48 valence electrons. The van der Waals surface area contributed by atoms with Gasteiger partial charge in [-0.15, -0.1) is 0 Å². The molecule has 0 N–H and O–H groups in total. The standard InChI is InChI=1S/C6H13NO/c1-6(7-2)4-5-8-3/h4-5H2,1-3H3. The van der Waals surface area contributed by atoms with E-state index in [1.54, 1.807) is 14.2 Å². The molecule has 0 heterocycles. The molecule has 0 aliphatic carbocycles. The molecule has 8 heavy (non-hydrogen) atoms. The highest BCUT2D eigenvalue weighted by Gasteiger charge is 1.85. The summed E-state index contributed by atoms with van der Waals surface area (Å²) in [7, 11) is 3.49. The van der Waals surface area contributed by atoms with E-state index in [2.05, 4.69) is 4.99 Å². The van der Waals surface area contributed by atoms with E-state index in [0.29, 0.717) is 0 Å². The molecule has 0 fully saturated rings. The number of nitrogens with zero attached hydrogens (tertiary/aromatic N) is 1. The number of ether oxygens (including phenoxy) is 1. The molecule has 0 aliphatic rings. The van der Waals surface area contributed by atoms with Crippen LogP contribution in [0.5, 0.6) is 0 Å². The molecule has 0 unspecified atom stereocenters. The zero-order valence-electron chi connectivity index (χ0n) is 5.77. The number of hydrogen-bond acceptors (Lipinski definition) is 2. The van der Waals surface area contributed by atoms with Crippen LogP contribution in [0.3, 0.4) is 0 Å². The molecule has 0 bridgehead atoms. The molecule has 0 aromatic rings. The van der Waals surface area contributed by atoms with E-state index in [0.717, 1.165) is 18.7 Å². The third-order valence-corrected chi connectivity index (χ3v) is 1.05. The average Bonchev–Trinajstić information content (AvgIpc) is 1.83. The van der Waals surface area contributed by atoms with Crippen LogP contribution in [0.15, 0.2) is 4.99 Å². The van der Waals surface area contributed by atoms with Gasteiger partial charge in [0.05, 0.1) is 6.61 Å². The fourth-order valence-electron chi connectivity index (χ4n) is 0.362. The molecule has 0 saturated heterocycles. The fraction of sp³-hybridized carbons (Fsp3) is 0.833. The predicted molar refractivity (Wildman–Crippen MR) is 35.5 cm³/mol. The highest BCUT2D eigenvalue weighted by molar-refractivity contribution is 5.81. The van der Waals surface area contributed by atoms with Crippen LogP contribution in [-0.4, -0.2) is 26.5 Å². The van der Waals surface area contributed by atoms with Gasteiger partial charge in [-0.25, -0.2) is 0 Å². The molecule has 0 spiro atoms. The number of hydrogen-bond donors (Lipinski definition) is 0. The van der Waals surface area contributed by atoms with E-state index in [1.165, 1.54) is 0 Å². The van der Waals surface area contributed by atoms with E-state index >= 15 is 0 Å². The van der Waals surface area contributed by atoms with Crippen LogP contribution < -0.4 is 0 Å². The second-order valence-corrected chi connectivity index (χ2v) is 1.70. The third kappa shape index (κ3) is 3.81. The number of aliphatic imine (C=N–C) groups is 1. The first-order valence-corrected chi connectivity index (χ1v) is 2.72. The maximum Gasteiger partial charge on any atom is 0.0514 e. The van der Waals surface area contributed by atoms with Crippen LogP contribution in [0, 0.1) is 0 Å². The van der Waals surface area contributed by atoms with Crippen LogP contribution in [0.25, 0.3) is 0 Å². The van der Waals surface area contributed by atoms with Gasteiger partial charge >= 0.3 is 0 Å².